The van der Waals surface area contributed by atoms with E-state index >= 15 is 0 Å². The van der Waals surface area contributed by atoms with Crippen LogP contribution in [0.3, 0.4) is 0 Å². The van der Waals surface area contributed by atoms with Crippen molar-refractivity contribution in [2.75, 3.05) is 22.3 Å². The Hall–Kier alpha value is -4.34. The maximum Gasteiger partial charge on any atom is 0.0736 e. The van der Waals surface area contributed by atoms with Gasteiger partial charge >= 0.3 is 0 Å². The Labute approximate surface area is 295 Å². The lowest BCUT2D eigenvalue weighted by Crippen LogP contribution is -2.15. The number of rotatable bonds is 4. The van der Waals surface area contributed by atoms with E-state index < -0.39 is 0 Å². The number of nitrogens with zero attached hydrogens (tertiary/aromatic N) is 4. The summed E-state index contributed by atoms with van der Waals surface area (Å²) in [6.45, 7) is 0. The number of hydrogen-bond donors (Lipinski definition) is 0. The van der Waals surface area contributed by atoms with Crippen LogP contribution in [0.25, 0.3) is 32.6 Å². The van der Waals surface area contributed by atoms with Crippen molar-refractivity contribution in [3.8, 4) is 0 Å². The van der Waals surface area contributed by atoms with Gasteiger partial charge in [0.05, 0.1) is 33.8 Å². The summed E-state index contributed by atoms with van der Waals surface area (Å²) in [7, 11) is 0. The lowest BCUT2D eigenvalue weighted by molar-refractivity contribution is 1.15. The molecule has 2 aromatic heterocycles. The molecule has 230 valence electrons. The quantitative estimate of drug-likeness (QED) is 0.133. The Morgan fingerprint density at radius 3 is 1.38 bits per heavy atom. The van der Waals surface area contributed by atoms with Gasteiger partial charge in [0.2, 0.25) is 0 Å². The first-order valence-electron chi connectivity index (χ1n) is 15.6. The summed E-state index contributed by atoms with van der Waals surface area (Å²) in [4.78, 5) is 22.5. The minimum atomic E-state index is 0.975. The first-order valence-corrected chi connectivity index (χ1v) is 19.7. The summed E-state index contributed by atoms with van der Waals surface area (Å²) < 4.78 is 0. The smallest absolute Gasteiger partial charge is 0.0736 e. The lowest BCUT2D eigenvalue weighted by Gasteiger charge is -2.34. The number of benzene rings is 6. The summed E-state index contributed by atoms with van der Waals surface area (Å²) in [6.07, 6.45) is 8.33. The standard InChI is InChI=1S/C40H26N4S4/c1-45-27-11-13-37-33(19-27)43(31-7-3-5-9-35(31)47-37)25-15-23-21-42-30-18-26(16-24-22-41-29(17-25)39(23)40(24)30)44-32-8-4-6-10-36(32)48-38-14-12-28(46-2)20-34(38)44/h3-22H,1-2H3. The van der Waals surface area contributed by atoms with Gasteiger partial charge in [0.15, 0.2) is 0 Å². The van der Waals surface area contributed by atoms with Crippen molar-refractivity contribution in [2.45, 2.75) is 29.4 Å². The van der Waals surface area contributed by atoms with E-state index in [-0.39, 0.29) is 0 Å². The topological polar surface area (TPSA) is 32.3 Å². The van der Waals surface area contributed by atoms with Crippen molar-refractivity contribution in [2.24, 2.45) is 0 Å². The predicted octanol–water partition coefficient (Wildman–Crippen LogP) is 12.7. The molecule has 10 rings (SSSR count). The molecule has 8 aromatic rings. The fourth-order valence-electron chi connectivity index (χ4n) is 7.03. The van der Waals surface area contributed by atoms with Crippen LogP contribution in [0, 0.1) is 0 Å². The number of anilines is 6. The number of hydrogen-bond acceptors (Lipinski definition) is 8. The average Bonchev–Trinajstić information content (AvgIpc) is 3.14. The normalized spacial score (nSPS) is 13.5. The van der Waals surface area contributed by atoms with E-state index in [1.807, 2.05) is 35.9 Å². The molecular formula is C40H26N4S4. The molecule has 0 N–H and O–H groups in total. The molecule has 0 atom stereocenters. The SMILES string of the molecule is CSc1ccc2c(c1)N(c1cc3cnc4cc(N5c6ccccc6Sc6ccc(SC)cc65)cc5cnc(c1)c3c54)c1ccccc1S2. The van der Waals surface area contributed by atoms with Crippen molar-refractivity contribution >= 4 is 114 Å². The molecule has 0 bridgehead atoms. The van der Waals surface area contributed by atoms with Crippen LogP contribution in [0.2, 0.25) is 0 Å². The summed E-state index contributed by atoms with van der Waals surface area (Å²) in [5.41, 5.74) is 8.89. The Kier molecular flexibility index (Phi) is 6.63. The molecular weight excluding hydrogens is 665 g/mol. The molecule has 0 unspecified atom stereocenters. The zero-order chi connectivity index (χ0) is 31.9. The van der Waals surface area contributed by atoms with Crippen LogP contribution in [0.1, 0.15) is 0 Å². The molecule has 8 heteroatoms. The van der Waals surface area contributed by atoms with Crippen LogP contribution in [-0.4, -0.2) is 22.5 Å². The second-order valence-corrected chi connectivity index (χ2v) is 15.8. The minimum Gasteiger partial charge on any atom is -0.308 e. The van der Waals surface area contributed by atoms with Crippen LogP contribution in [0.5, 0.6) is 0 Å². The highest BCUT2D eigenvalue weighted by Crippen LogP contribution is 2.54. The van der Waals surface area contributed by atoms with Crippen molar-refractivity contribution < 1.29 is 0 Å². The van der Waals surface area contributed by atoms with E-state index in [4.69, 9.17) is 9.97 Å². The Morgan fingerprint density at radius 2 is 0.917 bits per heavy atom. The van der Waals surface area contributed by atoms with E-state index in [9.17, 15) is 0 Å². The third-order valence-corrected chi connectivity index (χ3v) is 12.9. The summed E-state index contributed by atoms with van der Waals surface area (Å²) >= 11 is 7.20. The average molecular weight is 691 g/mol. The first-order chi connectivity index (χ1) is 23.7. The molecule has 0 aliphatic carbocycles. The predicted molar refractivity (Wildman–Crippen MR) is 207 cm³/mol. The van der Waals surface area contributed by atoms with Crippen molar-refractivity contribution in [1.82, 2.24) is 9.97 Å². The molecule has 2 aliphatic heterocycles. The second kappa shape index (κ2) is 11.1. The number of aromatic nitrogens is 2. The summed E-state index contributed by atoms with van der Waals surface area (Å²) in [5, 5.41) is 4.50. The van der Waals surface area contributed by atoms with Gasteiger partial charge in [0, 0.05) is 74.7 Å². The number of thioether (sulfide) groups is 2. The molecule has 0 radical (unpaired) electrons. The molecule has 6 aromatic carbocycles. The monoisotopic (exact) mass is 690 g/mol. The molecule has 4 nitrogen and oxygen atoms in total. The molecule has 0 spiro atoms. The third kappa shape index (κ3) is 4.36. The highest BCUT2D eigenvalue weighted by molar-refractivity contribution is 8.00. The van der Waals surface area contributed by atoms with Crippen LogP contribution < -0.4 is 9.80 Å². The largest absolute Gasteiger partial charge is 0.308 e. The molecule has 2 aliphatic rings. The first kappa shape index (κ1) is 28.7. The van der Waals surface area contributed by atoms with Crippen LogP contribution in [-0.2, 0) is 0 Å². The molecule has 4 heterocycles. The Morgan fingerprint density at radius 1 is 0.479 bits per heavy atom. The molecule has 0 amide bonds. The van der Waals surface area contributed by atoms with Gasteiger partial charge in [-0.15, -0.1) is 23.5 Å². The maximum absolute atomic E-state index is 5.12. The van der Waals surface area contributed by atoms with Crippen molar-refractivity contribution in [3.63, 3.8) is 0 Å². The van der Waals surface area contributed by atoms with E-state index in [1.165, 1.54) is 52.1 Å². The van der Waals surface area contributed by atoms with E-state index in [0.29, 0.717) is 0 Å². The lowest BCUT2D eigenvalue weighted by atomic mass is 9.99. The van der Waals surface area contributed by atoms with Gasteiger partial charge in [-0.2, -0.15) is 0 Å². The third-order valence-electron chi connectivity index (χ3n) is 9.18. The van der Waals surface area contributed by atoms with E-state index in [1.54, 1.807) is 23.5 Å². The number of pyridine rings is 2. The van der Waals surface area contributed by atoms with Gasteiger partial charge in [-0.25, -0.2) is 0 Å². The molecule has 0 fully saturated rings. The highest BCUT2D eigenvalue weighted by Gasteiger charge is 2.28. The van der Waals surface area contributed by atoms with Crippen LogP contribution >= 0.6 is 47.0 Å². The fourth-order valence-corrected chi connectivity index (χ4v) is 9.98. The fraction of sp³-hybridized carbons (Fsp3) is 0.0500. The molecule has 0 saturated carbocycles. The Balaban J connectivity index is 1.16. The number of fused-ring (bicyclic) bond motifs is 4. The van der Waals surface area contributed by atoms with Gasteiger partial charge in [-0.3, -0.25) is 9.97 Å². The van der Waals surface area contributed by atoms with Crippen LogP contribution in [0.4, 0.5) is 34.1 Å². The zero-order valence-electron chi connectivity index (χ0n) is 26.0. The van der Waals surface area contributed by atoms with Crippen LogP contribution in [0.15, 0.2) is 151 Å². The highest BCUT2D eigenvalue weighted by atomic mass is 32.2. The van der Waals surface area contributed by atoms with E-state index in [0.717, 1.165) is 44.0 Å². The zero-order valence-corrected chi connectivity index (χ0v) is 29.2. The van der Waals surface area contributed by atoms with Gasteiger partial charge in [0.25, 0.3) is 0 Å². The Bertz CT molecular complexity index is 2340. The number of para-hydroxylation sites is 2. The van der Waals surface area contributed by atoms with Gasteiger partial charge in [-0.05, 0) is 97.4 Å². The van der Waals surface area contributed by atoms with Gasteiger partial charge in [-0.1, -0.05) is 47.8 Å². The summed E-state index contributed by atoms with van der Waals surface area (Å²) in [6, 6.07) is 39.9. The summed E-state index contributed by atoms with van der Waals surface area (Å²) in [5.74, 6) is 0. The maximum atomic E-state index is 5.12. The van der Waals surface area contributed by atoms with E-state index in [2.05, 4.69) is 132 Å². The van der Waals surface area contributed by atoms with Crippen molar-refractivity contribution in [3.05, 3.63) is 122 Å². The van der Waals surface area contributed by atoms with Crippen molar-refractivity contribution in [1.29, 1.82) is 0 Å². The molecule has 48 heavy (non-hydrogen) atoms. The second-order valence-electron chi connectivity index (χ2n) is 11.9. The minimum absolute atomic E-state index is 0.975. The molecule has 0 saturated heterocycles. The van der Waals surface area contributed by atoms with Gasteiger partial charge < -0.3 is 9.80 Å². The van der Waals surface area contributed by atoms with Gasteiger partial charge in [0.1, 0.15) is 0 Å².